The first-order valence-electron chi connectivity index (χ1n) is 10.1. The van der Waals surface area contributed by atoms with Crippen LogP contribution >= 0.6 is 34.8 Å². The second kappa shape index (κ2) is 10.3. The maximum Gasteiger partial charge on any atom is 0.355 e. The highest BCUT2D eigenvalue weighted by Crippen LogP contribution is 2.32. The van der Waals surface area contributed by atoms with E-state index in [0.717, 1.165) is 5.69 Å². The van der Waals surface area contributed by atoms with Gasteiger partial charge in [0, 0.05) is 41.9 Å². The lowest BCUT2D eigenvalue weighted by molar-refractivity contribution is -0.383. The van der Waals surface area contributed by atoms with Crippen molar-refractivity contribution in [2.24, 2.45) is 0 Å². The predicted octanol–water partition coefficient (Wildman–Crippen LogP) is 4.43. The Morgan fingerprint density at radius 2 is 1.68 bits per heavy atom. The van der Waals surface area contributed by atoms with Crippen LogP contribution in [0.4, 0.5) is 23.0 Å². The molecule has 10 nitrogen and oxygen atoms in total. The van der Waals surface area contributed by atoms with E-state index >= 15 is 0 Å². The van der Waals surface area contributed by atoms with E-state index in [0.29, 0.717) is 36.2 Å². The smallest absolute Gasteiger partial charge is 0.355 e. The van der Waals surface area contributed by atoms with Crippen LogP contribution in [0.5, 0.6) is 0 Å². The molecule has 1 saturated heterocycles. The second-order valence-electron chi connectivity index (χ2n) is 7.31. The first-order valence-corrected chi connectivity index (χ1v) is 11.2. The highest BCUT2D eigenvalue weighted by atomic mass is 35.5. The third kappa shape index (κ3) is 5.24. The molecular weight excluding hydrogens is 505 g/mol. The number of hydrazine groups is 1. The van der Waals surface area contributed by atoms with E-state index in [2.05, 4.69) is 25.7 Å². The molecule has 0 unspecified atom stereocenters. The van der Waals surface area contributed by atoms with Crippen LogP contribution in [-0.4, -0.2) is 47.0 Å². The number of nitrogens with one attached hydrogen (secondary N) is 2. The summed E-state index contributed by atoms with van der Waals surface area (Å²) in [5, 5.41) is 13.1. The molecule has 0 radical (unpaired) electrons. The van der Waals surface area contributed by atoms with Gasteiger partial charge in [0.05, 0.1) is 15.5 Å². The summed E-state index contributed by atoms with van der Waals surface area (Å²) in [5.74, 6) is -0.594. The third-order valence-electron chi connectivity index (χ3n) is 5.21. The summed E-state index contributed by atoms with van der Waals surface area (Å²) in [6, 6.07) is 11.9. The predicted molar refractivity (Wildman–Crippen MR) is 132 cm³/mol. The van der Waals surface area contributed by atoms with Gasteiger partial charge in [0.25, 0.3) is 5.91 Å². The number of nitrogens with zero attached hydrogens (tertiary/aromatic N) is 5. The molecular formula is C21H18Cl3N7O3. The molecule has 2 aromatic carbocycles. The van der Waals surface area contributed by atoms with Crippen molar-refractivity contribution >= 4 is 63.7 Å². The van der Waals surface area contributed by atoms with E-state index in [1.54, 1.807) is 6.07 Å². The molecule has 1 amide bonds. The summed E-state index contributed by atoms with van der Waals surface area (Å²) in [7, 11) is 0. The molecule has 0 saturated carbocycles. The Kier molecular flexibility index (Phi) is 7.20. The van der Waals surface area contributed by atoms with E-state index in [1.165, 1.54) is 24.5 Å². The average Bonchev–Trinajstić information content (AvgIpc) is 2.82. The maximum atomic E-state index is 12.5. The van der Waals surface area contributed by atoms with Gasteiger partial charge in [-0.15, -0.1) is 0 Å². The van der Waals surface area contributed by atoms with Crippen LogP contribution in [0.15, 0.2) is 48.8 Å². The Hall–Kier alpha value is -3.34. The van der Waals surface area contributed by atoms with Crippen molar-refractivity contribution in [3.05, 3.63) is 79.5 Å². The summed E-state index contributed by atoms with van der Waals surface area (Å²) in [6.45, 7) is 2.24. The number of hydrogen-bond acceptors (Lipinski definition) is 8. The van der Waals surface area contributed by atoms with Gasteiger partial charge in [-0.2, -0.15) is 0 Å². The molecule has 1 aromatic heterocycles. The number of amides is 1. The summed E-state index contributed by atoms with van der Waals surface area (Å²) < 4.78 is 0. The molecule has 1 aliphatic heterocycles. The fraction of sp³-hybridized carbons (Fsp3) is 0.190. The van der Waals surface area contributed by atoms with Gasteiger partial charge < -0.3 is 9.80 Å². The van der Waals surface area contributed by atoms with Crippen molar-refractivity contribution in [2.75, 3.05) is 41.4 Å². The fourth-order valence-electron chi connectivity index (χ4n) is 3.57. The molecule has 1 fully saturated rings. The lowest BCUT2D eigenvalue weighted by atomic mass is 10.2. The maximum absolute atomic E-state index is 12.5. The zero-order valence-corrected chi connectivity index (χ0v) is 19.8. The Morgan fingerprint density at radius 1 is 0.971 bits per heavy atom. The molecule has 2 N–H and O–H groups in total. The van der Waals surface area contributed by atoms with Crippen molar-refractivity contribution in [2.45, 2.75) is 0 Å². The Labute approximate surface area is 209 Å². The van der Waals surface area contributed by atoms with Gasteiger partial charge in [0.15, 0.2) is 0 Å². The molecule has 0 bridgehead atoms. The van der Waals surface area contributed by atoms with E-state index in [4.69, 9.17) is 34.8 Å². The molecule has 1 aliphatic rings. The Bertz CT molecular complexity index is 1240. The number of nitro groups is 1. The number of aromatic nitrogens is 2. The topological polar surface area (TPSA) is 117 Å². The highest BCUT2D eigenvalue weighted by molar-refractivity contribution is 6.36. The summed E-state index contributed by atoms with van der Waals surface area (Å²) in [6.07, 6.45) is 1.20. The molecule has 4 rings (SSSR count). The summed E-state index contributed by atoms with van der Waals surface area (Å²) in [5.41, 5.74) is 5.69. The largest absolute Gasteiger partial charge is 0.368 e. The minimum atomic E-state index is -0.605. The number of carbonyl (C=O) groups is 1. The van der Waals surface area contributed by atoms with Gasteiger partial charge in [-0.05, 0) is 36.4 Å². The molecule has 0 atom stereocenters. The van der Waals surface area contributed by atoms with Crippen LogP contribution in [0, 0.1) is 10.1 Å². The Morgan fingerprint density at radius 3 is 2.35 bits per heavy atom. The van der Waals surface area contributed by atoms with E-state index in [1.807, 2.05) is 23.1 Å². The van der Waals surface area contributed by atoms with Crippen molar-refractivity contribution in [1.29, 1.82) is 0 Å². The molecule has 13 heteroatoms. The van der Waals surface area contributed by atoms with Crippen LogP contribution in [0.2, 0.25) is 15.1 Å². The van der Waals surface area contributed by atoms with Crippen molar-refractivity contribution < 1.29 is 9.72 Å². The first-order chi connectivity index (χ1) is 16.3. The monoisotopic (exact) mass is 521 g/mol. The number of carbonyl (C=O) groups excluding carboxylic acids is 1. The van der Waals surface area contributed by atoms with E-state index in [9.17, 15) is 14.9 Å². The number of hydrogen-bond donors (Lipinski definition) is 2. The second-order valence-corrected chi connectivity index (χ2v) is 8.59. The van der Waals surface area contributed by atoms with Crippen LogP contribution in [0.1, 0.15) is 10.4 Å². The van der Waals surface area contributed by atoms with Crippen LogP contribution in [0.3, 0.4) is 0 Å². The third-order valence-corrected chi connectivity index (χ3v) is 5.99. The molecule has 34 heavy (non-hydrogen) atoms. The van der Waals surface area contributed by atoms with Crippen molar-refractivity contribution in [3.8, 4) is 0 Å². The van der Waals surface area contributed by atoms with E-state index < -0.39 is 10.8 Å². The first kappa shape index (κ1) is 23.8. The average molecular weight is 523 g/mol. The number of rotatable bonds is 6. The number of benzene rings is 2. The van der Waals surface area contributed by atoms with Gasteiger partial charge in [-0.25, -0.2) is 9.97 Å². The minimum absolute atomic E-state index is 0.141. The van der Waals surface area contributed by atoms with Gasteiger partial charge in [0.2, 0.25) is 11.6 Å². The summed E-state index contributed by atoms with van der Waals surface area (Å²) >= 11 is 18.0. The fourth-order valence-corrected chi connectivity index (χ4v) is 4.25. The molecule has 0 spiro atoms. The lowest BCUT2D eigenvalue weighted by Crippen LogP contribution is -2.47. The standard InChI is InChI=1S/C21H18Cl3N7O3/c22-13-2-1-3-15(10-13)29-6-8-30(9-7-29)20-18(31(33)34)19(25-12-26-20)27-28-21(32)16-5-4-14(23)11-17(16)24/h1-5,10-12H,6-9H2,(H,28,32)(H,25,26,27). The number of anilines is 3. The van der Waals surface area contributed by atoms with Crippen LogP contribution < -0.4 is 20.7 Å². The quantitative estimate of drug-likeness (QED) is 0.361. The van der Waals surface area contributed by atoms with Crippen LogP contribution in [0.25, 0.3) is 0 Å². The number of piperazine rings is 1. The Balaban J connectivity index is 1.49. The molecule has 3 aromatic rings. The molecule has 2 heterocycles. The van der Waals surface area contributed by atoms with E-state index in [-0.39, 0.29) is 27.9 Å². The number of halogens is 3. The van der Waals surface area contributed by atoms with Gasteiger partial charge in [0.1, 0.15) is 6.33 Å². The van der Waals surface area contributed by atoms with Gasteiger partial charge in [-0.1, -0.05) is 40.9 Å². The zero-order chi connectivity index (χ0) is 24.2. The van der Waals surface area contributed by atoms with Crippen molar-refractivity contribution in [3.63, 3.8) is 0 Å². The molecule has 176 valence electrons. The van der Waals surface area contributed by atoms with Gasteiger partial charge >= 0.3 is 5.69 Å². The van der Waals surface area contributed by atoms with Gasteiger partial charge in [-0.3, -0.25) is 25.8 Å². The molecule has 0 aliphatic carbocycles. The normalized spacial score (nSPS) is 13.5. The SMILES string of the molecule is O=C(NNc1ncnc(N2CCN(c3cccc(Cl)c3)CC2)c1[N+](=O)[O-])c1ccc(Cl)cc1Cl. The lowest BCUT2D eigenvalue weighted by Gasteiger charge is -2.36. The van der Waals surface area contributed by atoms with Crippen LogP contribution in [-0.2, 0) is 0 Å². The highest BCUT2D eigenvalue weighted by Gasteiger charge is 2.29. The van der Waals surface area contributed by atoms with Crippen molar-refractivity contribution in [1.82, 2.24) is 15.4 Å². The summed E-state index contributed by atoms with van der Waals surface area (Å²) in [4.78, 5) is 35.8. The minimum Gasteiger partial charge on any atom is -0.368 e. The zero-order valence-electron chi connectivity index (χ0n) is 17.5.